The summed E-state index contributed by atoms with van der Waals surface area (Å²) in [6.45, 7) is 0. The molecule has 0 radical (unpaired) electrons. The van der Waals surface area contributed by atoms with Gasteiger partial charge in [-0.15, -0.1) is 11.8 Å². The Morgan fingerprint density at radius 2 is 1.83 bits per heavy atom. The average molecular weight is 381 g/mol. The Kier molecular flexibility index (Phi) is 5.33. The fraction of sp³-hybridized carbons (Fsp3) is 0.200. The lowest BCUT2D eigenvalue weighted by Crippen LogP contribution is -2.09. The van der Waals surface area contributed by atoms with Gasteiger partial charge in [0.1, 0.15) is 0 Å². The highest BCUT2D eigenvalue weighted by molar-refractivity contribution is 7.98. The fourth-order valence-electron chi connectivity index (χ4n) is 1.99. The Morgan fingerprint density at radius 1 is 1.13 bits per heavy atom. The van der Waals surface area contributed by atoms with Crippen LogP contribution in [-0.2, 0) is 21.8 Å². The molecule has 0 aliphatic carbocycles. The summed E-state index contributed by atoms with van der Waals surface area (Å²) in [5.41, 5.74) is -0.487. The molecule has 0 spiro atoms. The summed E-state index contributed by atoms with van der Waals surface area (Å²) >= 11 is 7.19. The van der Waals surface area contributed by atoms with E-state index in [0.29, 0.717) is 21.5 Å². The van der Waals surface area contributed by atoms with Crippen LogP contribution in [0, 0.1) is 0 Å². The molecule has 2 aromatic carbocycles. The van der Waals surface area contributed by atoms with Crippen molar-refractivity contribution in [3.8, 4) is 0 Å². The Morgan fingerprint density at radius 3 is 2.43 bits per heavy atom. The Bertz CT molecular complexity index is 818. The first kappa shape index (κ1) is 18.2. The van der Waals surface area contributed by atoms with Crippen LogP contribution in [0.5, 0.6) is 0 Å². The first-order valence-electron chi connectivity index (χ1n) is 6.36. The van der Waals surface area contributed by atoms with Crippen molar-refractivity contribution in [2.45, 2.75) is 21.7 Å². The van der Waals surface area contributed by atoms with Crippen LogP contribution in [0.25, 0.3) is 0 Å². The van der Waals surface area contributed by atoms with E-state index in [1.54, 1.807) is 24.5 Å². The van der Waals surface area contributed by atoms with E-state index in [1.165, 1.54) is 17.8 Å². The van der Waals surface area contributed by atoms with Crippen molar-refractivity contribution in [1.82, 2.24) is 0 Å². The molecule has 0 aliphatic heterocycles. The molecule has 0 saturated heterocycles. The summed E-state index contributed by atoms with van der Waals surface area (Å²) in [6.07, 6.45) is -2.82. The van der Waals surface area contributed by atoms with Crippen LogP contribution in [0.4, 0.5) is 13.2 Å². The molecule has 2 rings (SSSR count). The molecule has 0 N–H and O–H groups in total. The normalized spacial score (nSPS) is 12.4. The molecular formula is C15H12ClF3O2S2. The van der Waals surface area contributed by atoms with Crippen LogP contribution in [0.3, 0.4) is 0 Å². The van der Waals surface area contributed by atoms with Crippen LogP contribution >= 0.6 is 23.4 Å². The van der Waals surface area contributed by atoms with Gasteiger partial charge in [-0.05, 0) is 42.2 Å². The summed E-state index contributed by atoms with van der Waals surface area (Å²) in [5, 5.41) is 0.467. The second-order valence-corrected chi connectivity index (χ2v) is 8.01. The lowest BCUT2D eigenvalue weighted by atomic mass is 10.2. The van der Waals surface area contributed by atoms with E-state index >= 15 is 0 Å². The van der Waals surface area contributed by atoms with Gasteiger partial charge >= 0.3 is 6.18 Å². The maximum atomic E-state index is 12.7. The summed E-state index contributed by atoms with van der Waals surface area (Å²) in [5.74, 6) is -0.387. The van der Waals surface area contributed by atoms with Crippen LogP contribution in [0.1, 0.15) is 11.1 Å². The molecule has 0 unspecified atom stereocenters. The van der Waals surface area contributed by atoms with Gasteiger partial charge in [0.15, 0.2) is 9.84 Å². The predicted molar refractivity (Wildman–Crippen MR) is 85.6 cm³/mol. The van der Waals surface area contributed by atoms with Gasteiger partial charge in [-0.1, -0.05) is 23.7 Å². The third-order valence-electron chi connectivity index (χ3n) is 3.12. The molecule has 0 atom stereocenters. The van der Waals surface area contributed by atoms with Crippen molar-refractivity contribution in [3.63, 3.8) is 0 Å². The molecule has 0 heterocycles. The Hall–Kier alpha value is -1.18. The molecular weight excluding hydrogens is 369 g/mol. The van der Waals surface area contributed by atoms with Crippen molar-refractivity contribution >= 4 is 33.2 Å². The van der Waals surface area contributed by atoms with Crippen molar-refractivity contribution in [1.29, 1.82) is 0 Å². The van der Waals surface area contributed by atoms with Crippen LogP contribution < -0.4 is 0 Å². The fourth-order valence-corrected chi connectivity index (χ4v) is 4.39. The molecule has 0 saturated carbocycles. The smallest absolute Gasteiger partial charge is 0.223 e. The number of hydrogen-bond donors (Lipinski definition) is 0. The van der Waals surface area contributed by atoms with Gasteiger partial charge in [-0.25, -0.2) is 8.42 Å². The molecule has 2 aromatic rings. The summed E-state index contributed by atoms with van der Waals surface area (Å²) in [7, 11) is -3.90. The third kappa shape index (κ3) is 4.43. The van der Waals surface area contributed by atoms with Gasteiger partial charge in [0, 0.05) is 9.92 Å². The van der Waals surface area contributed by atoms with Gasteiger partial charge in [0.05, 0.1) is 16.2 Å². The van der Waals surface area contributed by atoms with Crippen molar-refractivity contribution in [2.24, 2.45) is 0 Å². The van der Waals surface area contributed by atoms with E-state index in [-0.39, 0.29) is 10.6 Å². The zero-order valence-corrected chi connectivity index (χ0v) is 14.3. The molecule has 0 aromatic heterocycles. The number of alkyl halides is 3. The minimum absolute atomic E-state index is 0.352. The lowest BCUT2D eigenvalue weighted by Gasteiger charge is -2.11. The lowest BCUT2D eigenvalue weighted by molar-refractivity contribution is -0.137. The SMILES string of the molecule is CSc1cc(Cl)ccc1CS(=O)(=O)c1cccc(C(F)(F)F)c1. The number of thioether (sulfide) groups is 1. The highest BCUT2D eigenvalue weighted by Gasteiger charge is 2.31. The number of benzene rings is 2. The molecule has 2 nitrogen and oxygen atoms in total. The van der Waals surface area contributed by atoms with Gasteiger partial charge in [0.2, 0.25) is 0 Å². The zero-order chi connectivity index (χ0) is 17.3. The standard InChI is InChI=1S/C15H12ClF3O2S2/c1-22-14-8-12(16)6-5-10(14)9-23(20,21)13-4-2-3-11(7-13)15(17,18)19/h2-8H,9H2,1H3. The van der Waals surface area contributed by atoms with E-state index in [0.717, 1.165) is 12.1 Å². The monoisotopic (exact) mass is 380 g/mol. The highest BCUT2D eigenvalue weighted by atomic mass is 35.5. The first-order chi connectivity index (χ1) is 10.6. The molecule has 124 valence electrons. The summed E-state index contributed by atoms with van der Waals surface area (Å²) in [4.78, 5) is 0.322. The molecule has 0 amide bonds. The molecule has 0 aliphatic rings. The number of hydrogen-bond acceptors (Lipinski definition) is 3. The Balaban J connectivity index is 2.40. The zero-order valence-electron chi connectivity index (χ0n) is 11.9. The van der Waals surface area contributed by atoms with Gasteiger partial charge in [-0.3, -0.25) is 0 Å². The van der Waals surface area contributed by atoms with Crippen LogP contribution in [0.15, 0.2) is 52.3 Å². The number of halogens is 4. The summed E-state index contributed by atoms with van der Waals surface area (Å²) < 4.78 is 63.0. The first-order valence-corrected chi connectivity index (χ1v) is 9.61. The van der Waals surface area contributed by atoms with E-state index in [4.69, 9.17) is 11.6 Å². The molecule has 0 fully saturated rings. The van der Waals surface area contributed by atoms with E-state index in [1.807, 2.05) is 0 Å². The number of sulfone groups is 1. The van der Waals surface area contributed by atoms with Gasteiger partial charge < -0.3 is 0 Å². The van der Waals surface area contributed by atoms with Crippen molar-refractivity contribution in [3.05, 3.63) is 58.6 Å². The minimum Gasteiger partial charge on any atom is -0.223 e. The molecule has 0 bridgehead atoms. The van der Waals surface area contributed by atoms with Gasteiger partial charge in [0.25, 0.3) is 0 Å². The number of rotatable bonds is 4. The van der Waals surface area contributed by atoms with Crippen LogP contribution in [-0.4, -0.2) is 14.7 Å². The molecule has 8 heteroatoms. The van der Waals surface area contributed by atoms with E-state index < -0.39 is 21.6 Å². The largest absolute Gasteiger partial charge is 0.416 e. The second kappa shape index (κ2) is 6.75. The Labute approximate surface area is 141 Å². The minimum atomic E-state index is -4.59. The quantitative estimate of drug-likeness (QED) is 0.696. The average Bonchev–Trinajstić information content (AvgIpc) is 2.48. The molecule has 23 heavy (non-hydrogen) atoms. The predicted octanol–water partition coefficient (Wildman–Crippen LogP) is 5.05. The van der Waals surface area contributed by atoms with Gasteiger partial charge in [-0.2, -0.15) is 13.2 Å². The van der Waals surface area contributed by atoms with Crippen LogP contribution in [0.2, 0.25) is 5.02 Å². The van der Waals surface area contributed by atoms with Crippen molar-refractivity contribution < 1.29 is 21.6 Å². The topological polar surface area (TPSA) is 34.1 Å². The van der Waals surface area contributed by atoms with E-state index in [2.05, 4.69) is 0 Å². The highest BCUT2D eigenvalue weighted by Crippen LogP contribution is 2.32. The third-order valence-corrected chi connectivity index (χ3v) is 5.83. The van der Waals surface area contributed by atoms with E-state index in [9.17, 15) is 21.6 Å². The maximum absolute atomic E-state index is 12.7. The maximum Gasteiger partial charge on any atom is 0.416 e. The van der Waals surface area contributed by atoms with Crippen molar-refractivity contribution in [2.75, 3.05) is 6.26 Å². The second-order valence-electron chi connectivity index (χ2n) is 4.74. The summed E-state index contributed by atoms with van der Waals surface area (Å²) in [6, 6.07) is 8.51.